The third kappa shape index (κ3) is 5.76. The molecule has 2 saturated heterocycles. The van der Waals surface area contributed by atoms with Crippen molar-refractivity contribution in [3.63, 3.8) is 0 Å². The van der Waals surface area contributed by atoms with E-state index in [2.05, 4.69) is 14.8 Å². The lowest BCUT2D eigenvalue weighted by molar-refractivity contribution is -0.132. The molecule has 0 unspecified atom stereocenters. The minimum Gasteiger partial charge on any atom is -0.495 e. The van der Waals surface area contributed by atoms with E-state index in [-0.39, 0.29) is 35.8 Å². The van der Waals surface area contributed by atoms with Gasteiger partial charge in [0.15, 0.2) is 0 Å². The molecule has 6 rings (SSSR count). The summed E-state index contributed by atoms with van der Waals surface area (Å²) in [6.45, 7) is 5.19. The van der Waals surface area contributed by atoms with Gasteiger partial charge in [0.25, 0.3) is 5.56 Å². The van der Waals surface area contributed by atoms with Crippen LogP contribution >= 0.6 is 22.9 Å². The average molecular weight is 657 g/mol. The number of nitrogens with zero attached hydrogens (tertiary/aromatic N) is 6. The normalized spacial score (nSPS) is 16.5. The van der Waals surface area contributed by atoms with Gasteiger partial charge >= 0.3 is 0 Å². The zero-order chi connectivity index (χ0) is 31.0. The average Bonchev–Trinajstić information content (AvgIpc) is 3.40. The van der Waals surface area contributed by atoms with Crippen LogP contribution in [0.5, 0.6) is 5.75 Å². The van der Waals surface area contributed by atoms with Crippen molar-refractivity contribution in [3.05, 3.63) is 75.1 Å². The minimum atomic E-state index is -4.00. The molecule has 0 saturated carbocycles. The molecule has 2 aliphatic heterocycles. The number of aromatic nitrogens is 2. The zero-order valence-electron chi connectivity index (χ0n) is 24.5. The van der Waals surface area contributed by atoms with Crippen molar-refractivity contribution in [1.29, 1.82) is 0 Å². The number of hydrogen-bond acceptors (Lipinski definition) is 9. The van der Waals surface area contributed by atoms with Crippen molar-refractivity contribution in [3.8, 4) is 5.75 Å². The van der Waals surface area contributed by atoms with Gasteiger partial charge in [-0.25, -0.2) is 13.4 Å². The number of fused-ring (bicyclic) bond motifs is 1. The SMILES string of the molecule is COc1ccccc1N1CCN(S(=O)(=O)c2c(C)sc3ncn(CC(=O)N4CCN(c5cccc(Cl)c5)CC4)c(=O)c23)CC1. The molecule has 0 spiro atoms. The van der Waals surface area contributed by atoms with Crippen LogP contribution < -0.4 is 20.1 Å². The molecule has 0 aliphatic carbocycles. The summed E-state index contributed by atoms with van der Waals surface area (Å²) in [5, 5.41) is 0.698. The number of anilines is 2. The van der Waals surface area contributed by atoms with E-state index < -0.39 is 15.6 Å². The predicted molar refractivity (Wildman–Crippen MR) is 173 cm³/mol. The lowest BCUT2D eigenvalue weighted by Crippen LogP contribution is -2.50. The van der Waals surface area contributed by atoms with Crippen LogP contribution in [0.1, 0.15) is 4.88 Å². The van der Waals surface area contributed by atoms with Crippen molar-refractivity contribution < 1.29 is 17.9 Å². The number of rotatable bonds is 7. The summed E-state index contributed by atoms with van der Waals surface area (Å²) in [5.41, 5.74) is 1.38. The van der Waals surface area contributed by atoms with Crippen molar-refractivity contribution >= 4 is 60.5 Å². The summed E-state index contributed by atoms with van der Waals surface area (Å²) >= 11 is 7.31. The van der Waals surface area contributed by atoms with Crippen LogP contribution in [-0.2, 0) is 21.4 Å². The number of sulfonamides is 1. The number of carbonyl (C=O) groups is 1. The third-order valence-electron chi connectivity index (χ3n) is 8.17. The fraction of sp³-hybridized carbons (Fsp3) is 0.367. The highest BCUT2D eigenvalue weighted by atomic mass is 35.5. The van der Waals surface area contributed by atoms with E-state index in [1.54, 1.807) is 18.9 Å². The summed E-state index contributed by atoms with van der Waals surface area (Å²) < 4.78 is 36.1. The third-order valence-corrected chi connectivity index (χ3v) is 11.6. The summed E-state index contributed by atoms with van der Waals surface area (Å²) in [4.78, 5) is 38.2. The van der Waals surface area contributed by atoms with Gasteiger partial charge in [0, 0.05) is 67.9 Å². The number of halogens is 1. The Hall–Kier alpha value is -3.65. The van der Waals surface area contributed by atoms with Crippen LogP contribution in [0.2, 0.25) is 5.02 Å². The molecule has 232 valence electrons. The van der Waals surface area contributed by atoms with Gasteiger partial charge in [-0.15, -0.1) is 11.3 Å². The lowest BCUT2D eigenvalue weighted by atomic mass is 10.2. The van der Waals surface area contributed by atoms with Crippen LogP contribution in [0.15, 0.2) is 64.5 Å². The van der Waals surface area contributed by atoms with Gasteiger partial charge in [-0.2, -0.15) is 4.31 Å². The van der Waals surface area contributed by atoms with Crippen LogP contribution in [-0.4, -0.2) is 92.5 Å². The summed E-state index contributed by atoms with van der Waals surface area (Å²) in [7, 11) is -2.39. The van der Waals surface area contributed by atoms with Gasteiger partial charge in [0.2, 0.25) is 15.9 Å². The maximum absolute atomic E-state index is 14.0. The van der Waals surface area contributed by atoms with Crippen molar-refractivity contribution in [2.24, 2.45) is 0 Å². The molecule has 14 heteroatoms. The minimum absolute atomic E-state index is 0.0160. The highest BCUT2D eigenvalue weighted by Gasteiger charge is 2.34. The quantitative estimate of drug-likeness (QED) is 0.298. The molecule has 1 amide bonds. The topological polar surface area (TPSA) is 108 Å². The maximum atomic E-state index is 14.0. The lowest BCUT2D eigenvalue weighted by Gasteiger charge is -2.36. The van der Waals surface area contributed by atoms with E-state index in [0.29, 0.717) is 54.0 Å². The highest BCUT2D eigenvalue weighted by Crippen LogP contribution is 2.34. The Kier molecular flexibility index (Phi) is 8.55. The molecule has 0 N–H and O–H groups in total. The molecule has 0 radical (unpaired) electrons. The molecule has 11 nitrogen and oxygen atoms in total. The molecule has 4 heterocycles. The standard InChI is InChI=1S/C30H33ClN6O5S2/c1-21-28(44(40,41)37-16-14-34(15-17-37)24-8-3-4-9-25(24)42-2)27-29(43-21)32-20-36(30(27)39)19-26(38)35-12-10-33(11-13-35)23-7-5-6-22(31)18-23/h3-9,18,20H,10-17,19H2,1-2H3. The number of amides is 1. The van der Waals surface area contributed by atoms with Gasteiger partial charge in [-0.05, 0) is 37.3 Å². The first kappa shape index (κ1) is 30.4. The number of carbonyl (C=O) groups excluding carboxylic acids is 1. The highest BCUT2D eigenvalue weighted by molar-refractivity contribution is 7.89. The number of aryl methyl sites for hydroxylation is 1. The van der Waals surface area contributed by atoms with Gasteiger partial charge < -0.3 is 19.4 Å². The molecule has 2 aromatic heterocycles. The monoisotopic (exact) mass is 656 g/mol. The van der Waals surface area contributed by atoms with E-state index >= 15 is 0 Å². The molecule has 44 heavy (non-hydrogen) atoms. The van der Waals surface area contributed by atoms with Crippen LogP contribution in [0.25, 0.3) is 10.2 Å². The Morgan fingerprint density at radius 3 is 2.39 bits per heavy atom. The number of ether oxygens (including phenoxy) is 1. The van der Waals surface area contributed by atoms with Gasteiger partial charge in [0.05, 0.1) is 24.5 Å². The number of methoxy groups -OCH3 is 1. The number of piperazine rings is 2. The largest absolute Gasteiger partial charge is 0.495 e. The Morgan fingerprint density at radius 1 is 0.977 bits per heavy atom. The molecular formula is C30H33ClN6O5S2. The summed E-state index contributed by atoms with van der Waals surface area (Å²) in [6.07, 6.45) is 1.34. The van der Waals surface area contributed by atoms with Crippen LogP contribution in [0, 0.1) is 6.92 Å². The number of benzene rings is 2. The summed E-state index contributed by atoms with van der Waals surface area (Å²) in [5.74, 6) is 0.510. The van der Waals surface area contributed by atoms with E-state index in [9.17, 15) is 18.0 Å². The fourth-order valence-electron chi connectivity index (χ4n) is 5.86. The number of para-hydroxylation sites is 2. The molecule has 2 fully saturated rings. The second-order valence-electron chi connectivity index (χ2n) is 10.8. The molecule has 2 aromatic carbocycles. The fourth-order valence-corrected chi connectivity index (χ4v) is 9.13. The second kappa shape index (κ2) is 12.4. The molecule has 0 bridgehead atoms. The molecule has 4 aromatic rings. The zero-order valence-corrected chi connectivity index (χ0v) is 26.9. The van der Waals surface area contributed by atoms with E-state index in [1.165, 1.54) is 26.5 Å². The van der Waals surface area contributed by atoms with E-state index in [0.717, 1.165) is 17.1 Å². The summed E-state index contributed by atoms with van der Waals surface area (Å²) in [6, 6.07) is 15.2. The number of thiophene rings is 1. The van der Waals surface area contributed by atoms with Crippen molar-refractivity contribution in [2.45, 2.75) is 18.4 Å². The Labute approximate surface area is 264 Å². The van der Waals surface area contributed by atoms with Crippen LogP contribution in [0.4, 0.5) is 11.4 Å². The van der Waals surface area contributed by atoms with E-state index in [4.69, 9.17) is 16.3 Å². The second-order valence-corrected chi connectivity index (χ2v) is 14.3. The van der Waals surface area contributed by atoms with Gasteiger partial charge in [-0.3, -0.25) is 14.2 Å². The molecule has 2 aliphatic rings. The molecular weight excluding hydrogens is 624 g/mol. The van der Waals surface area contributed by atoms with Crippen LogP contribution in [0.3, 0.4) is 0 Å². The first-order valence-electron chi connectivity index (χ1n) is 14.3. The van der Waals surface area contributed by atoms with E-state index in [1.807, 2.05) is 48.5 Å². The van der Waals surface area contributed by atoms with Gasteiger partial charge in [-0.1, -0.05) is 29.8 Å². The Balaban J connectivity index is 1.18. The molecule has 0 atom stereocenters. The Morgan fingerprint density at radius 2 is 1.68 bits per heavy atom. The smallest absolute Gasteiger partial charge is 0.263 e. The Bertz CT molecular complexity index is 1860. The van der Waals surface area contributed by atoms with Gasteiger partial charge in [0.1, 0.15) is 22.0 Å². The van der Waals surface area contributed by atoms with Crippen molar-refractivity contribution in [1.82, 2.24) is 18.8 Å². The van der Waals surface area contributed by atoms with Crippen molar-refractivity contribution in [2.75, 3.05) is 69.3 Å². The number of hydrogen-bond donors (Lipinski definition) is 0. The first-order chi connectivity index (χ1) is 21.2. The first-order valence-corrected chi connectivity index (χ1v) is 17.0. The maximum Gasteiger partial charge on any atom is 0.263 e. The predicted octanol–water partition coefficient (Wildman–Crippen LogP) is 3.29.